The maximum absolute atomic E-state index is 9.09. The third-order valence-corrected chi connectivity index (χ3v) is 4.49. The molecule has 0 saturated carbocycles. The first-order chi connectivity index (χ1) is 21.3. The number of hydrogen-bond donors (Lipinski definition) is 0. The van der Waals surface area contributed by atoms with E-state index in [2.05, 4.69) is 14.0 Å². The van der Waals surface area contributed by atoms with Crippen LogP contribution in [0.3, 0.4) is 0 Å². The minimum Gasteiger partial charge on any atom is -0.378 e. The van der Waals surface area contributed by atoms with Gasteiger partial charge in [0.05, 0.1) is 9.60 Å². The van der Waals surface area contributed by atoms with Crippen molar-refractivity contribution < 1.29 is 50.7 Å². The maximum Gasteiger partial charge on any atom is 0.134 e. The van der Waals surface area contributed by atoms with Crippen LogP contribution in [0.5, 0.6) is 0 Å². The van der Waals surface area contributed by atoms with E-state index in [1.54, 1.807) is 0 Å². The van der Waals surface area contributed by atoms with Gasteiger partial charge in [-0.1, -0.05) is 46.5 Å². The summed E-state index contributed by atoms with van der Waals surface area (Å²) in [7, 11) is 3.81. The quantitative estimate of drug-likeness (QED) is 0.133. The van der Waals surface area contributed by atoms with Crippen molar-refractivity contribution in [3.8, 4) is 11.3 Å². The van der Waals surface area contributed by atoms with Gasteiger partial charge in [-0.15, -0.1) is 6.04 Å². The van der Waals surface area contributed by atoms with Crippen LogP contribution in [-0.4, -0.2) is 4.40 Å². The first kappa shape index (κ1) is 7.19. The molecular formula is C26H23IrN2-. The Kier molecular flexibility index (Phi) is 1.72. The van der Waals surface area contributed by atoms with E-state index in [0.29, 0.717) is 0 Å². The molecule has 0 saturated heterocycles. The number of nitrogens with zero attached hydrogens (tertiary/aromatic N) is 2. The zero-order valence-electron chi connectivity index (χ0n) is 33.6. The van der Waals surface area contributed by atoms with Gasteiger partial charge in [0, 0.05) is 52.3 Å². The Morgan fingerprint density at radius 2 is 1.72 bits per heavy atom. The van der Waals surface area contributed by atoms with E-state index < -0.39 is 120 Å². The van der Waals surface area contributed by atoms with Crippen LogP contribution in [0.15, 0.2) is 60.6 Å². The van der Waals surface area contributed by atoms with Crippen molar-refractivity contribution in [1.82, 2.24) is 4.40 Å². The van der Waals surface area contributed by atoms with E-state index in [4.69, 9.17) is 26.0 Å². The molecule has 3 heteroatoms. The average Bonchev–Trinajstić information content (AvgIpc) is 3.18. The number of imidazole rings is 1. The number of fused-ring (bicyclic) bond motifs is 6. The Morgan fingerprint density at radius 3 is 2.45 bits per heavy atom. The van der Waals surface area contributed by atoms with E-state index in [0.717, 1.165) is 8.97 Å². The predicted molar refractivity (Wildman–Crippen MR) is 117 cm³/mol. The van der Waals surface area contributed by atoms with Gasteiger partial charge in [0.25, 0.3) is 0 Å². The molecule has 2 aromatic heterocycles. The van der Waals surface area contributed by atoms with Crippen molar-refractivity contribution >= 4 is 27.3 Å². The van der Waals surface area contributed by atoms with Crippen LogP contribution in [0.25, 0.3) is 38.6 Å². The van der Waals surface area contributed by atoms with Crippen molar-refractivity contribution in [1.29, 1.82) is 0 Å². The van der Waals surface area contributed by atoms with Gasteiger partial charge in [-0.3, -0.25) is 4.40 Å². The van der Waals surface area contributed by atoms with Crippen LogP contribution >= 0.6 is 0 Å². The molecule has 0 amide bonds. The summed E-state index contributed by atoms with van der Waals surface area (Å²) in [6, 6.07) is -7.88. The molecule has 0 bridgehead atoms. The summed E-state index contributed by atoms with van der Waals surface area (Å²) < 4.78 is 161. The molecule has 0 N–H and O–H groups in total. The number of aromatic nitrogens is 2. The minimum atomic E-state index is -3.33. The van der Waals surface area contributed by atoms with Crippen molar-refractivity contribution in [2.45, 2.75) is 20.6 Å². The molecule has 0 aliphatic heterocycles. The molecule has 0 atom stereocenters. The average molecular weight is 575 g/mol. The molecular weight excluding hydrogens is 533 g/mol. The van der Waals surface area contributed by atoms with E-state index in [1.807, 2.05) is 0 Å². The van der Waals surface area contributed by atoms with Crippen LogP contribution in [0.2, 0.25) is 0 Å². The predicted octanol–water partition coefficient (Wildman–Crippen LogP) is 5.94. The molecule has 0 spiro atoms. The molecule has 0 aliphatic carbocycles. The summed E-state index contributed by atoms with van der Waals surface area (Å²) in [5.41, 5.74) is -5.75. The summed E-state index contributed by atoms with van der Waals surface area (Å²) in [5, 5.41) is -1.14. The fourth-order valence-electron chi connectivity index (χ4n) is 3.36. The fourth-order valence-corrected chi connectivity index (χ4v) is 3.36. The Morgan fingerprint density at radius 1 is 0.966 bits per heavy atom. The fraction of sp³-hybridized carbons (Fsp3) is 0.115. The van der Waals surface area contributed by atoms with Gasteiger partial charge < -0.3 is 4.57 Å². The van der Waals surface area contributed by atoms with E-state index in [9.17, 15) is 0 Å². The van der Waals surface area contributed by atoms with E-state index >= 15 is 0 Å². The summed E-state index contributed by atoms with van der Waals surface area (Å²) in [4.78, 5) is 0. The number of hydrogen-bond acceptors (Lipinski definition) is 0. The summed E-state index contributed by atoms with van der Waals surface area (Å²) in [5.74, 6) is 0. The first-order valence-corrected chi connectivity index (χ1v) is 8.04. The van der Waals surface area contributed by atoms with Gasteiger partial charge in [0.15, 0.2) is 0 Å². The Bertz CT molecular complexity index is 2180. The second-order valence-corrected chi connectivity index (χ2v) is 6.12. The van der Waals surface area contributed by atoms with Gasteiger partial charge in [-0.05, 0) is 52.2 Å². The topological polar surface area (TPSA) is 8.29 Å². The normalized spacial score (nSPS) is 22.0. The van der Waals surface area contributed by atoms with Crippen molar-refractivity contribution in [3.05, 3.63) is 96.8 Å². The van der Waals surface area contributed by atoms with Gasteiger partial charge in [0.2, 0.25) is 0 Å². The molecule has 2 nitrogen and oxygen atoms in total. The minimum absolute atomic E-state index is 0. The smallest absolute Gasteiger partial charge is 0.134 e. The first-order valence-electron chi connectivity index (χ1n) is 17.5. The summed E-state index contributed by atoms with van der Waals surface area (Å²) in [6.07, 6.45) is -0.781. The number of rotatable bonds is 1. The number of pyridine rings is 1. The Hall–Kier alpha value is -2.74. The third kappa shape index (κ3) is 2.77. The van der Waals surface area contributed by atoms with Gasteiger partial charge in [0.1, 0.15) is 16.9 Å². The largest absolute Gasteiger partial charge is 0.378 e. The van der Waals surface area contributed by atoms with E-state index in [-0.39, 0.29) is 42.1 Å². The second-order valence-electron chi connectivity index (χ2n) is 6.12. The van der Waals surface area contributed by atoms with Gasteiger partial charge >= 0.3 is 0 Å². The van der Waals surface area contributed by atoms with Crippen LogP contribution in [-0.2, 0) is 20.1 Å². The van der Waals surface area contributed by atoms with Crippen LogP contribution in [0.1, 0.15) is 48.3 Å². The molecule has 147 valence electrons. The second kappa shape index (κ2) is 6.95. The monoisotopic (exact) mass is 575 g/mol. The molecule has 0 unspecified atom stereocenters. The van der Waals surface area contributed by atoms with Crippen molar-refractivity contribution in [2.75, 3.05) is 0 Å². The summed E-state index contributed by atoms with van der Waals surface area (Å²) in [6.45, 7) is -5.98. The van der Waals surface area contributed by atoms with Crippen LogP contribution in [0, 0.1) is 34.5 Å². The zero-order valence-corrected chi connectivity index (χ0v) is 17.0. The summed E-state index contributed by atoms with van der Waals surface area (Å²) >= 11 is 0. The molecule has 5 rings (SSSR count). The van der Waals surface area contributed by atoms with Crippen LogP contribution < -0.4 is 4.57 Å². The van der Waals surface area contributed by atoms with Crippen molar-refractivity contribution in [2.24, 2.45) is 0 Å². The molecule has 0 fully saturated rings. The van der Waals surface area contributed by atoms with Crippen molar-refractivity contribution in [3.63, 3.8) is 0 Å². The van der Waals surface area contributed by atoms with E-state index in [1.165, 1.54) is 0 Å². The zero-order chi connectivity index (χ0) is 35.8. The third-order valence-electron chi connectivity index (χ3n) is 4.49. The van der Waals surface area contributed by atoms with Gasteiger partial charge in [-0.2, -0.15) is 18.5 Å². The van der Waals surface area contributed by atoms with Crippen LogP contribution in [0.4, 0.5) is 0 Å². The maximum atomic E-state index is 9.09. The molecule has 5 aromatic rings. The Balaban J connectivity index is 0.00000520. The Labute approximate surface area is 211 Å². The SMILES string of the molecule is [2H]c1c([2H])c(C([2H])([2H])[2H])c(-c2c([2H])[n+]([CH2-])c3c4c([CH2-])c([2H])c([2H])c([2H])c4c4c([2H])c(C([2H])([2H])[2H])c([2H])c([2H])c4n23)c(C([2H])([2H])[2H])c1[2H].[Ir]. The molecule has 0 aliphatic rings. The molecule has 3 aromatic carbocycles. The molecule has 2 heterocycles. The molecule has 1 radical (unpaired) electrons. The number of benzene rings is 3. The molecule has 29 heavy (non-hydrogen) atoms. The van der Waals surface area contributed by atoms with Gasteiger partial charge in [-0.25, -0.2) is 0 Å². The standard InChI is InChI=1S/C26H23N2.Ir/c1-16-12-13-22-21(14-16)20-11-7-10-19(4)25(20)26-27(5)15-23(28(22)26)24-17(2)8-6-9-18(24)3;/h6-15H,4-5H2,1-3H3;/q-1;/i1D3,2D3,3D3,6D,7D,8D,9D,10D,11D,12D,13D,14D,15D;.